The van der Waals surface area contributed by atoms with E-state index in [4.69, 9.17) is 26.8 Å². The Hall–Kier alpha value is -3.33. The van der Waals surface area contributed by atoms with Gasteiger partial charge in [-0.25, -0.2) is 4.39 Å². The summed E-state index contributed by atoms with van der Waals surface area (Å²) in [5, 5.41) is 8.58. The van der Waals surface area contributed by atoms with E-state index in [-0.39, 0.29) is 29.2 Å². The first kappa shape index (κ1) is 19.7. The third-order valence-electron chi connectivity index (χ3n) is 2.71. The molecule has 0 aliphatic rings. The van der Waals surface area contributed by atoms with Gasteiger partial charge in [0.25, 0.3) is 0 Å². The van der Waals surface area contributed by atoms with E-state index in [1.54, 1.807) is 17.6 Å². The lowest BCUT2D eigenvalue weighted by molar-refractivity contribution is 0.197. The predicted molar refractivity (Wildman–Crippen MR) is 94.0 cm³/mol. The summed E-state index contributed by atoms with van der Waals surface area (Å²) >= 11 is 0. The van der Waals surface area contributed by atoms with Crippen LogP contribution in [0, 0.1) is 5.82 Å². The number of benzene rings is 1. The zero-order valence-electron chi connectivity index (χ0n) is 13.9. The van der Waals surface area contributed by atoms with Gasteiger partial charge in [-0.1, -0.05) is 13.8 Å². The first-order valence-corrected chi connectivity index (χ1v) is 7.39. The summed E-state index contributed by atoms with van der Waals surface area (Å²) in [6.45, 7) is 4.00. The van der Waals surface area contributed by atoms with E-state index in [2.05, 4.69) is 9.98 Å². The molecule has 0 saturated carbocycles. The Morgan fingerprint density at radius 2 is 1.84 bits per heavy atom. The van der Waals surface area contributed by atoms with Crippen LogP contribution in [0.1, 0.15) is 13.8 Å². The molecular formula is C16H21FN6O2. The smallest absolute Gasteiger partial charge is 0.324 e. The normalized spacial score (nSPS) is 12.4. The molecule has 0 atom stereocenters. The van der Waals surface area contributed by atoms with Gasteiger partial charge in [0.2, 0.25) is 0 Å². The monoisotopic (exact) mass is 348 g/mol. The quantitative estimate of drug-likeness (QED) is 0.240. The topological polar surface area (TPSA) is 149 Å². The molecule has 0 bridgehead atoms. The van der Waals surface area contributed by atoms with Gasteiger partial charge >= 0.3 is 6.01 Å². The molecule has 2 aromatic rings. The van der Waals surface area contributed by atoms with Gasteiger partial charge in [0.15, 0.2) is 5.76 Å². The Kier molecular flexibility index (Phi) is 7.67. The summed E-state index contributed by atoms with van der Waals surface area (Å²) in [6, 6.07) is 5.77. The largest absolute Gasteiger partial charge is 0.422 e. The van der Waals surface area contributed by atoms with Crippen LogP contribution in [0.15, 0.2) is 63.5 Å². The van der Waals surface area contributed by atoms with Gasteiger partial charge in [0.1, 0.15) is 17.5 Å². The second-order valence-electron chi connectivity index (χ2n) is 4.36. The van der Waals surface area contributed by atoms with Crippen molar-refractivity contribution in [3.05, 3.63) is 59.9 Å². The molecule has 0 fully saturated rings. The molecule has 1 heterocycles. The highest BCUT2D eigenvalue weighted by Crippen LogP contribution is 2.23. The molecule has 2 rings (SSSR count). The average molecular weight is 348 g/mol. The van der Waals surface area contributed by atoms with Crippen LogP contribution < -0.4 is 22.7 Å². The van der Waals surface area contributed by atoms with Gasteiger partial charge in [0, 0.05) is 5.56 Å². The molecule has 0 amide bonds. The highest BCUT2D eigenvalue weighted by Gasteiger charge is 2.06. The molecule has 0 saturated heterocycles. The van der Waals surface area contributed by atoms with Crippen molar-refractivity contribution >= 4 is 11.9 Å². The summed E-state index contributed by atoms with van der Waals surface area (Å²) in [4.78, 5) is 7.89. The Morgan fingerprint density at radius 1 is 1.20 bits per heavy atom. The molecule has 9 heteroatoms. The molecule has 1 aromatic heterocycles. The number of hydroxylamine groups is 1. The number of hydrogen-bond acceptors (Lipinski definition) is 7. The van der Waals surface area contributed by atoms with Crippen molar-refractivity contribution in [1.82, 2.24) is 10.5 Å². The van der Waals surface area contributed by atoms with Crippen LogP contribution in [0.4, 0.5) is 10.4 Å². The molecule has 0 radical (unpaired) electrons. The van der Waals surface area contributed by atoms with E-state index in [9.17, 15) is 4.39 Å². The lowest BCUT2D eigenvalue weighted by atomic mass is 10.2. The number of rotatable bonds is 5. The second-order valence-corrected chi connectivity index (χ2v) is 4.36. The number of aliphatic imine (C=N–C) groups is 1. The SMILES string of the molecule is CC.NC(/C=C\C(N)=C(\N)NO)=N/c1ncc(-c2ccc(F)cc2)o1. The van der Waals surface area contributed by atoms with E-state index in [1.165, 1.54) is 30.5 Å². The third-order valence-corrected chi connectivity index (χ3v) is 2.71. The fraction of sp³-hybridized carbons (Fsp3) is 0.125. The Morgan fingerprint density at radius 3 is 2.44 bits per heavy atom. The molecule has 1 aromatic carbocycles. The zero-order chi connectivity index (χ0) is 18.8. The summed E-state index contributed by atoms with van der Waals surface area (Å²) in [5.41, 5.74) is 19.0. The van der Waals surface area contributed by atoms with Gasteiger partial charge in [0.05, 0.1) is 11.9 Å². The van der Waals surface area contributed by atoms with Crippen molar-refractivity contribution in [2.24, 2.45) is 22.2 Å². The minimum atomic E-state index is -0.344. The van der Waals surface area contributed by atoms with Gasteiger partial charge in [-0.3, -0.25) is 10.7 Å². The van der Waals surface area contributed by atoms with Crippen molar-refractivity contribution in [3.8, 4) is 11.3 Å². The predicted octanol–water partition coefficient (Wildman–Crippen LogP) is 2.12. The first-order valence-electron chi connectivity index (χ1n) is 7.39. The van der Waals surface area contributed by atoms with Crippen LogP contribution in [0.25, 0.3) is 11.3 Å². The summed E-state index contributed by atoms with van der Waals surface area (Å²) < 4.78 is 18.3. The summed E-state index contributed by atoms with van der Waals surface area (Å²) in [6.07, 6.45) is 4.16. The summed E-state index contributed by atoms with van der Waals surface area (Å²) in [7, 11) is 0. The number of hydrogen-bond donors (Lipinski definition) is 5. The van der Waals surface area contributed by atoms with Crippen molar-refractivity contribution < 1.29 is 14.0 Å². The van der Waals surface area contributed by atoms with E-state index in [0.717, 1.165) is 0 Å². The number of amidine groups is 1. The van der Waals surface area contributed by atoms with Crippen molar-refractivity contribution in [2.75, 3.05) is 0 Å². The number of nitrogens with two attached hydrogens (primary N) is 3. The average Bonchev–Trinajstić information content (AvgIpc) is 3.09. The molecule has 0 spiro atoms. The molecule has 0 aliphatic carbocycles. The minimum Gasteiger partial charge on any atom is -0.422 e. The first-order chi connectivity index (χ1) is 12.0. The second kappa shape index (κ2) is 9.73. The van der Waals surface area contributed by atoms with Crippen LogP contribution in [-0.2, 0) is 0 Å². The Balaban J connectivity index is 0.00000151. The van der Waals surface area contributed by atoms with Crippen molar-refractivity contribution in [2.45, 2.75) is 13.8 Å². The fourth-order valence-corrected chi connectivity index (χ4v) is 1.54. The molecule has 0 aliphatic heterocycles. The fourth-order valence-electron chi connectivity index (χ4n) is 1.54. The van der Waals surface area contributed by atoms with Gasteiger partial charge < -0.3 is 21.6 Å². The lowest BCUT2D eigenvalue weighted by Crippen LogP contribution is -2.21. The molecule has 25 heavy (non-hydrogen) atoms. The Bertz CT molecular complexity index is 765. The van der Waals surface area contributed by atoms with Crippen molar-refractivity contribution in [3.63, 3.8) is 0 Å². The Labute approximate surface area is 144 Å². The van der Waals surface area contributed by atoms with Gasteiger partial charge in [-0.15, -0.1) is 0 Å². The van der Waals surface area contributed by atoms with Crippen molar-refractivity contribution in [1.29, 1.82) is 0 Å². The highest BCUT2D eigenvalue weighted by molar-refractivity contribution is 5.93. The number of aromatic nitrogens is 1. The van der Waals surface area contributed by atoms with E-state index in [0.29, 0.717) is 11.3 Å². The molecular weight excluding hydrogens is 327 g/mol. The van der Waals surface area contributed by atoms with E-state index in [1.807, 2.05) is 13.8 Å². The standard InChI is InChI=1S/C14H15FN6O2.C2H6/c15-9-3-1-8(2-4-9)11-7-19-14(23-11)20-12(17)6-5-10(16)13(18)21-22;1-2/h1-7,21-22H,16,18H2,(H2,17,19,20);1-2H3/b6-5-,13-10+;. The lowest BCUT2D eigenvalue weighted by Gasteiger charge is -1.99. The van der Waals surface area contributed by atoms with Crippen LogP contribution in [-0.4, -0.2) is 16.0 Å². The molecule has 0 unspecified atom stereocenters. The third kappa shape index (κ3) is 5.99. The zero-order valence-corrected chi connectivity index (χ0v) is 13.9. The number of nitrogens with one attached hydrogen (secondary N) is 1. The van der Waals surface area contributed by atoms with Crippen LogP contribution in [0.3, 0.4) is 0 Å². The van der Waals surface area contributed by atoms with Crippen LogP contribution in [0.2, 0.25) is 0 Å². The molecule has 8 N–H and O–H groups in total. The number of halogens is 1. The number of allylic oxidation sites excluding steroid dienone is 1. The maximum Gasteiger partial charge on any atom is 0.324 e. The van der Waals surface area contributed by atoms with Gasteiger partial charge in [-0.2, -0.15) is 9.98 Å². The maximum absolute atomic E-state index is 12.9. The van der Waals surface area contributed by atoms with E-state index < -0.39 is 0 Å². The number of nitrogens with zero attached hydrogens (tertiary/aromatic N) is 2. The van der Waals surface area contributed by atoms with Gasteiger partial charge in [-0.05, 0) is 36.4 Å². The van der Waals surface area contributed by atoms with E-state index >= 15 is 0 Å². The highest BCUT2D eigenvalue weighted by atomic mass is 19.1. The molecule has 8 nitrogen and oxygen atoms in total. The summed E-state index contributed by atoms with van der Waals surface area (Å²) in [5.74, 6) is 0.0202. The van der Waals surface area contributed by atoms with Crippen LogP contribution >= 0.6 is 0 Å². The maximum atomic E-state index is 12.9. The number of oxazole rings is 1. The minimum absolute atomic E-state index is 0.0299. The molecule has 134 valence electrons. The van der Waals surface area contributed by atoms with Crippen LogP contribution in [0.5, 0.6) is 0 Å².